The van der Waals surface area contributed by atoms with Crippen molar-refractivity contribution in [3.05, 3.63) is 60.1 Å². The van der Waals surface area contributed by atoms with E-state index in [-0.39, 0.29) is 5.75 Å². The minimum absolute atomic E-state index is 0.0156. The topological polar surface area (TPSA) is 145 Å². The minimum atomic E-state index is -0.717. The number of amides is 1. The molecule has 0 saturated heterocycles. The van der Waals surface area contributed by atoms with Crippen molar-refractivity contribution in [3.63, 3.8) is 0 Å². The molecule has 3 aromatic heterocycles. The molecule has 0 aliphatic rings. The first kappa shape index (κ1) is 26.6. The Labute approximate surface area is 231 Å². The Hall–Kier alpha value is -4.96. The van der Waals surface area contributed by atoms with Crippen LogP contribution in [0.1, 0.15) is 25.2 Å². The van der Waals surface area contributed by atoms with Gasteiger partial charge in [0.25, 0.3) is 0 Å². The summed E-state index contributed by atoms with van der Waals surface area (Å²) in [6.07, 6.45) is 2.30. The van der Waals surface area contributed by atoms with Crippen LogP contribution >= 0.6 is 11.3 Å². The van der Waals surface area contributed by atoms with Crippen LogP contribution in [0.25, 0.3) is 31.8 Å². The molecule has 0 aliphatic carbocycles. The molecule has 0 radical (unpaired) electrons. The van der Waals surface area contributed by atoms with Crippen molar-refractivity contribution < 1.29 is 23.4 Å². The highest BCUT2D eigenvalue weighted by Crippen LogP contribution is 2.37. The number of ether oxygens (including phenoxy) is 3. The number of fused-ring (bicyclic) bond motifs is 2. The molecular formula is C27H22FN7O4S. The second-order valence-electron chi connectivity index (χ2n) is 8.76. The molecule has 0 saturated carbocycles. The third kappa shape index (κ3) is 5.57. The number of benzene rings is 2. The van der Waals surface area contributed by atoms with Crippen LogP contribution in [0.5, 0.6) is 11.6 Å². The van der Waals surface area contributed by atoms with Crippen LogP contribution in [0, 0.1) is 24.1 Å². The number of aryl methyl sites for hydroxylation is 1. The van der Waals surface area contributed by atoms with Crippen LogP contribution in [0.3, 0.4) is 0 Å². The van der Waals surface area contributed by atoms with Gasteiger partial charge in [-0.3, -0.25) is 5.32 Å². The Balaban J connectivity index is 1.36. The second-order valence-corrected chi connectivity index (χ2v) is 9.79. The summed E-state index contributed by atoms with van der Waals surface area (Å²) in [6, 6.07) is 8.23. The van der Waals surface area contributed by atoms with Gasteiger partial charge in [0.05, 0.1) is 64.3 Å². The van der Waals surface area contributed by atoms with Crippen molar-refractivity contribution in [1.29, 1.82) is 5.26 Å². The smallest absolute Gasteiger partial charge is 0.412 e. The van der Waals surface area contributed by atoms with Gasteiger partial charge in [-0.25, -0.2) is 34.1 Å². The first-order valence-corrected chi connectivity index (χ1v) is 12.8. The van der Waals surface area contributed by atoms with Crippen LogP contribution in [-0.4, -0.2) is 50.3 Å². The van der Waals surface area contributed by atoms with Gasteiger partial charge in [-0.2, -0.15) is 5.26 Å². The number of thiazole rings is 1. The van der Waals surface area contributed by atoms with Gasteiger partial charge in [0.15, 0.2) is 11.6 Å². The molecule has 1 amide bonds. The number of hydrogen-bond acceptors (Lipinski definition) is 11. The number of hydrogen-bond donors (Lipinski definition) is 1. The van der Waals surface area contributed by atoms with Gasteiger partial charge in [0.2, 0.25) is 5.88 Å². The molecule has 11 nitrogen and oxygen atoms in total. The third-order valence-corrected chi connectivity index (χ3v) is 6.98. The zero-order valence-electron chi connectivity index (χ0n) is 21.8. The highest BCUT2D eigenvalue weighted by atomic mass is 32.1. The maximum Gasteiger partial charge on any atom is 0.412 e. The van der Waals surface area contributed by atoms with Gasteiger partial charge in [0.1, 0.15) is 23.0 Å². The third-order valence-electron chi connectivity index (χ3n) is 5.93. The molecule has 3 heterocycles. The first-order chi connectivity index (χ1) is 19.2. The molecule has 40 heavy (non-hydrogen) atoms. The van der Waals surface area contributed by atoms with E-state index in [0.717, 1.165) is 0 Å². The van der Waals surface area contributed by atoms with Gasteiger partial charge in [-0.05, 0) is 32.9 Å². The quantitative estimate of drug-likeness (QED) is 0.274. The average Bonchev–Trinajstić information content (AvgIpc) is 3.35. The number of nitriles is 1. The number of aromatic nitrogens is 5. The van der Waals surface area contributed by atoms with E-state index < -0.39 is 24.1 Å². The van der Waals surface area contributed by atoms with E-state index in [4.69, 9.17) is 14.2 Å². The molecule has 0 spiro atoms. The molecule has 2 atom stereocenters. The van der Waals surface area contributed by atoms with Gasteiger partial charge in [0, 0.05) is 17.7 Å². The van der Waals surface area contributed by atoms with Gasteiger partial charge < -0.3 is 14.2 Å². The fourth-order valence-electron chi connectivity index (χ4n) is 3.73. The van der Waals surface area contributed by atoms with Gasteiger partial charge in [-0.1, -0.05) is 0 Å². The normalized spacial score (nSPS) is 12.5. The van der Waals surface area contributed by atoms with Crippen molar-refractivity contribution in [2.75, 3.05) is 12.4 Å². The Morgan fingerprint density at radius 2 is 1.82 bits per heavy atom. The molecule has 5 rings (SSSR count). The number of methoxy groups -OCH3 is 1. The number of halogens is 1. The molecular weight excluding hydrogens is 537 g/mol. The van der Waals surface area contributed by atoms with Crippen molar-refractivity contribution in [3.8, 4) is 28.3 Å². The van der Waals surface area contributed by atoms with E-state index in [1.807, 2.05) is 0 Å². The number of anilines is 1. The predicted molar refractivity (Wildman–Crippen MR) is 146 cm³/mol. The molecule has 0 fully saturated rings. The van der Waals surface area contributed by atoms with E-state index in [9.17, 15) is 10.1 Å². The highest BCUT2D eigenvalue weighted by molar-refractivity contribution is 7.21. The molecule has 13 heteroatoms. The van der Waals surface area contributed by atoms with Crippen molar-refractivity contribution in [2.24, 2.45) is 0 Å². The van der Waals surface area contributed by atoms with E-state index >= 15 is 4.39 Å². The maximum atomic E-state index is 15.0. The standard InChI is InChI=1S/C27H22FN7O4S/c1-13(14(2)39-27(36)33-17-10-30-15(3)31-11-17)38-22-8-23-20(7-19(22)28)35-26(40-23)18-5-16(9-29)6-21-25(18)32-12-24(34-21)37-4/h5-8,10-14H,1-4H3,(H,33,36)/t13-,14+/m0/s1. The monoisotopic (exact) mass is 559 g/mol. The summed E-state index contributed by atoms with van der Waals surface area (Å²) in [5.74, 6) is 0.249. The van der Waals surface area contributed by atoms with Crippen molar-refractivity contribution in [2.45, 2.75) is 33.0 Å². The van der Waals surface area contributed by atoms with E-state index in [1.54, 1.807) is 39.0 Å². The SMILES string of the molecule is COc1cnc2c(-c3nc4cc(F)c(O[C@@H](C)[C@@H](C)OC(=O)Nc5cnc(C)nc5)cc4s3)cc(C#N)cc2n1. The number of carbonyl (C=O) groups excluding carboxylic acids is 1. The largest absolute Gasteiger partial charge is 0.484 e. The van der Waals surface area contributed by atoms with Crippen LogP contribution < -0.4 is 14.8 Å². The van der Waals surface area contributed by atoms with E-state index in [2.05, 4.69) is 36.3 Å². The number of nitrogens with one attached hydrogen (secondary N) is 1. The van der Waals surface area contributed by atoms with Crippen LogP contribution in [0.2, 0.25) is 0 Å². The average molecular weight is 560 g/mol. The van der Waals surface area contributed by atoms with Crippen LogP contribution in [-0.2, 0) is 4.74 Å². The molecule has 0 unspecified atom stereocenters. The lowest BCUT2D eigenvalue weighted by atomic mass is 10.1. The van der Waals surface area contributed by atoms with Gasteiger partial charge in [-0.15, -0.1) is 11.3 Å². The first-order valence-electron chi connectivity index (χ1n) is 12.0. The zero-order valence-corrected chi connectivity index (χ0v) is 22.6. The Morgan fingerprint density at radius 3 is 2.55 bits per heavy atom. The number of nitrogens with zero attached hydrogens (tertiary/aromatic N) is 6. The van der Waals surface area contributed by atoms with Gasteiger partial charge >= 0.3 is 6.09 Å². The summed E-state index contributed by atoms with van der Waals surface area (Å²) >= 11 is 1.29. The molecule has 1 N–H and O–H groups in total. The highest BCUT2D eigenvalue weighted by Gasteiger charge is 2.22. The van der Waals surface area contributed by atoms with Crippen LogP contribution in [0.4, 0.5) is 14.9 Å². The van der Waals surface area contributed by atoms with E-state index in [1.165, 1.54) is 43.1 Å². The Bertz CT molecular complexity index is 1770. The molecule has 2 aromatic carbocycles. The second kappa shape index (κ2) is 11.0. The predicted octanol–water partition coefficient (Wildman–Crippen LogP) is 5.43. The lowest BCUT2D eigenvalue weighted by molar-refractivity contribution is 0.0402. The Morgan fingerprint density at radius 1 is 1.05 bits per heavy atom. The van der Waals surface area contributed by atoms with Crippen molar-refractivity contribution in [1.82, 2.24) is 24.9 Å². The summed E-state index contributed by atoms with van der Waals surface area (Å²) in [5, 5.41) is 12.6. The lowest BCUT2D eigenvalue weighted by Crippen LogP contribution is -2.32. The summed E-state index contributed by atoms with van der Waals surface area (Å²) in [5.41, 5.74) is 2.77. The molecule has 5 aromatic rings. The molecule has 0 aliphatic heterocycles. The molecule has 0 bridgehead atoms. The number of carbonyl (C=O) groups is 1. The fraction of sp³-hybridized carbons (Fsp3) is 0.222. The van der Waals surface area contributed by atoms with Crippen LogP contribution in [0.15, 0.2) is 42.9 Å². The van der Waals surface area contributed by atoms with E-state index in [0.29, 0.717) is 54.8 Å². The zero-order chi connectivity index (χ0) is 28.4. The summed E-state index contributed by atoms with van der Waals surface area (Å²) < 4.78 is 32.0. The Kier molecular flexibility index (Phi) is 7.35. The van der Waals surface area contributed by atoms with Crippen molar-refractivity contribution >= 4 is 44.4 Å². The summed E-state index contributed by atoms with van der Waals surface area (Å²) in [6.45, 7) is 5.04. The lowest BCUT2D eigenvalue weighted by Gasteiger charge is -2.22. The fourth-order valence-corrected chi connectivity index (χ4v) is 4.73. The molecule has 202 valence electrons. The summed E-state index contributed by atoms with van der Waals surface area (Å²) in [7, 11) is 1.48. The maximum absolute atomic E-state index is 15.0. The summed E-state index contributed by atoms with van der Waals surface area (Å²) in [4.78, 5) is 33.7. The minimum Gasteiger partial charge on any atom is -0.484 e. The number of rotatable bonds is 7.